The zero-order valence-corrected chi connectivity index (χ0v) is 24.1. The van der Waals surface area contributed by atoms with E-state index in [1.165, 1.54) is 0 Å². The van der Waals surface area contributed by atoms with Crippen molar-refractivity contribution in [2.24, 2.45) is 5.73 Å². The van der Waals surface area contributed by atoms with Crippen molar-refractivity contribution in [2.75, 3.05) is 13.2 Å². The Balaban J connectivity index is 1.22. The first-order valence-electron chi connectivity index (χ1n) is 13.5. The molecular formula is C31H28Cl2N4O5. The first kappa shape index (κ1) is 29.4. The third-order valence-corrected chi connectivity index (χ3v) is 7.72. The molecule has 0 saturated carbocycles. The number of hydrogen-bond donors (Lipinski definition) is 1. The lowest BCUT2D eigenvalue weighted by Crippen LogP contribution is -2.45. The predicted octanol–water partition coefficient (Wildman–Crippen LogP) is 5.57. The summed E-state index contributed by atoms with van der Waals surface area (Å²) in [4.78, 5) is 45.0. The highest BCUT2D eigenvalue weighted by molar-refractivity contribution is 6.42. The maximum absolute atomic E-state index is 13.5. The van der Waals surface area contributed by atoms with Crippen molar-refractivity contribution in [1.29, 1.82) is 0 Å². The number of unbranched alkanes of at least 4 members (excludes halogenated alkanes) is 1. The normalized spacial score (nSPS) is 13.4. The van der Waals surface area contributed by atoms with Crippen molar-refractivity contribution in [1.82, 2.24) is 15.0 Å². The number of rotatable bonds is 13. The number of ketones is 1. The fraction of sp³-hybridized carbons (Fsp3) is 0.258. The van der Waals surface area contributed by atoms with Crippen molar-refractivity contribution >= 4 is 40.8 Å². The van der Waals surface area contributed by atoms with Crippen molar-refractivity contribution in [2.45, 2.75) is 38.1 Å². The minimum absolute atomic E-state index is 0.179. The number of nitrogens with zero attached hydrogens (tertiary/aromatic N) is 3. The molecule has 11 heteroatoms. The van der Waals surface area contributed by atoms with Gasteiger partial charge in [-0.05, 0) is 73.3 Å². The van der Waals surface area contributed by atoms with Crippen LogP contribution in [0, 0.1) is 0 Å². The van der Waals surface area contributed by atoms with Gasteiger partial charge in [0.15, 0.2) is 0 Å². The molecule has 1 unspecified atom stereocenters. The SMILES string of the molecule is NCCCCC(C(=O)c1noc(Cc2ccc(OCCc3ccc(Cl)c(Cl)c3)cc2)n1)N1C(=O)c2ccccc2C1=O. The number of carbonyl (C=O) groups is 3. The van der Waals surface area contributed by atoms with Gasteiger partial charge in [-0.15, -0.1) is 0 Å². The predicted molar refractivity (Wildman–Crippen MR) is 157 cm³/mol. The smallest absolute Gasteiger partial charge is 0.262 e. The summed E-state index contributed by atoms with van der Waals surface area (Å²) in [7, 11) is 0. The molecule has 0 radical (unpaired) electrons. The van der Waals surface area contributed by atoms with E-state index >= 15 is 0 Å². The maximum atomic E-state index is 13.5. The number of benzene rings is 3. The summed E-state index contributed by atoms with van der Waals surface area (Å²) in [5.41, 5.74) is 8.07. The molecule has 2 N–H and O–H groups in total. The van der Waals surface area contributed by atoms with Crippen molar-refractivity contribution < 1.29 is 23.6 Å². The number of fused-ring (bicyclic) bond motifs is 1. The summed E-state index contributed by atoms with van der Waals surface area (Å²) >= 11 is 12.0. The van der Waals surface area contributed by atoms with E-state index in [1.807, 2.05) is 36.4 Å². The largest absolute Gasteiger partial charge is 0.493 e. The van der Waals surface area contributed by atoms with Crippen molar-refractivity contribution in [3.8, 4) is 5.75 Å². The highest BCUT2D eigenvalue weighted by Gasteiger charge is 2.43. The molecule has 2 amide bonds. The Labute approximate surface area is 252 Å². The molecule has 42 heavy (non-hydrogen) atoms. The number of Topliss-reactive ketones (excluding diaryl/α,β-unsaturated/α-hetero) is 1. The van der Waals surface area contributed by atoms with E-state index in [-0.39, 0.29) is 35.7 Å². The zero-order valence-electron chi connectivity index (χ0n) is 22.6. The van der Waals surface area contributed by atoms with Crippen LogP contribution in [0.5, 0.6) is 5.75 Å². The fourth-order valence-corrected chi connectivity index (χ4v) is 5.11. The highest BCUT2D eigenvalue weighted by atomic mass is 35.5. The number of aromatic nitrogens is 2. The van der Waals surface area contributed by atoms with Gasteiger partial charge >= 0.3 is 0 Å². The van der Waals surface area contributed by atoms with Crippen LogP contribution >= 0.6 is 23.2 Å². The summed E-state index contributed by atoms with van der Waals surface area (Å²) in [6.45, 7) is 0.891. The van der Waals surface area contributed by atoms with Crippen LogP contribution in [0.2, 0.25) is 10.0 Å². The zero-order chi connectivity index (χ0) is 29.6. The molecule has 0 aliphatic carbocycles. The molecule has 1 atom stereocenters. The summed E-state index contributed by atoms with van der Waals surface area (Å²) in [6.07, 6.45) is 2.39. The maximum Gasteiger partial charge on any atom is 0.262 e. The van der Waals surface area contributed by atoms with Gasteiger partial charge in [0.1, 0.15) is 11.8 Å². The molecule has 0 bridgehead atoms. The molecule has 216 valence electrons. The average molecular weight is 607 g/mol. The molecule has 1 aliphatic rings. The van der Waals surface area contributed by atoms with Crippen LogP contribution in [0.3, 0.4) is 0 Å². The van der Waals surface area contributed by atoms with Gasteiger partial charge in [-0.25, -0.2) is 0 Å². The number of amides is 2. The highest BCUT2D eigenvalue weighted by Crippen LogP contribution is 2.28. The molecule has 5 rings (SSSR count). The number of hydrogen-bond acceptors (Lipinski definition) is 8. The Morgan fingerprint density at radius 2 is 1.62 bits per heavy atom. The van der Waals surface area contributed by atoms with Gasteiger partial charge in [0, 0.05) is 6.42 Å². The number of ether oxygens (including phenoxy) is 1. The van der Waals surface area contributed by atoms with Crippen LogP contribution in [0.1, 0.15) is 67.6 Å². The van der Waals surface area contributed by atoms with E-state index in [0.717, 1.165) is 16.0 Å². The van der Waals surface area contributed by atoms with Gasteiger partial charge in [-0.1, -0.05) is 58.7 Å². The van der Waals surface area contributed by atoms with Gasteiger partial charge in [-0.2, -0.15) is 4.98 Å². The Morgan fingerprint density at radius 3 is 2.29 bits per heavy atom. The average Bonchev–Trinajstić information content (AvgIpc) is 3.56. The van der Waals surface area contributed by atoms with Gasteiger partial charge in [0.05, 0.1) is 34.2 Å². The van der Waals surface area contributed by atoms with E-state index in [2.05, 4.69) is 10.1 Å². The molecule has 0 saturated heterocycles. The molecule has 4 aromatic rings. The Morgan fingerprint density at radius 1 is 0.929 bits per heavy atom. The van der Waals surface area contributed by atoms with Crippen LogP contribution < -0.4 is 10.5 Å². The number of nitrogens with two attached hydrogens (primary N) is 1. The van der Waals surface area contributed by atoms with E-state index in [9.17, 15) is 14.4 Å². The second-order valence-electron chi connectivity index (χ2n) is 9.87. The number of imide groups is 1. The Kier molecular flexibility index (Phi) is 9.31. The number of halogens is 2. The van der Waals surface area contributed by atoms with Crippen LogP contribution in [0.4, 0.5) is 0 Å². The molecule has 9 nitrogen and oxygen atoms in total. The van der Waals surface area contributed by atoms with Crippen LogP contribution in [-0.2, 0) is 12.8 Å². The summed E-state index contributed by atoms with van der Waals surface area (Å²) < 4.78 is 11.2. The monoisotopic (exact) mass is 606 g/mol. The molecule has 0 fully saturated rings. The van der Waals surface area contributed by atoms with Crippen molar-refractivity contribution in [3.05, 3.63) is 111 Å². The molecule has 1 aromatic heterocycles. The minimum atomic E-state index is -1.06. The van der Waals surface area contributed by atoms with E-state index in [0.29, 0.717) is 48.2 Å². The van der Waals surface area contributed by atoms with Crippen LogP contribution in [-0.4, -0.2) is 51.8 Å². The lowest BCUT2D eigenvalue weighted by Gasteiger charge is -2.24. The number of carbonyl (C=O) groups excluding carboxylic acids is 3. The molecule has 3 aromatic carbocycles. The Hall–Kier alpha value is -4.05. The molecule has 1 aliphatic heterocycles. The van der Waals surface area contributed by atoms with Gasteiger partial charge < -0.3 is 15.0 Å². The minimum Gasteiger partial charge on any atom is -0.493 e. The van der Waals surface area contributed by atoms with E-state index in [1.54, 1.807) is 30.3 Å². The standard InChI is InChI=1S/C31H28Cl2N4O5/c32-24-13-10-20(17-25(24)33)14-16-41-21-11-8-19(9-12-21)18-27-35-29(36-42-27)28(38)26(7-3-4-15-34)37-30(39)22-5-1-2-6-23(22)31(37)40/h1-2,5-6,8-13,17,26H,3-4,7,14-16,18,34H2. The third kappa shape index (κ3) is 6.54. The topological polar surface area (TPSA) is 129 Å². The summed E-state index contributed by atoms with van der Waals surface area (Å²) in [5, 5.41) is 4.90. The summed E-state index contributed by atoms with van der Waals surface area (Å²) in [5.74, 6) is -0.825. The lowest BCUT2D eigenvalue weighted by molar-refractivity contribution is 0.0526. The van der Waals surface area contributed by atoms with E-state index < -0.39 is 23.6 Å². The van der Waals surface area contributed by atoms with Gasteiger partial charge in [0.25, 0.3) is 11.8 Å². The Bertz CT molecular complexity index is 1570. The summed E-state index contributed by atoms with van der Waals surface area (Å²) in [6, 6.07) is 18.4. The lowest BCUT2D eigenvalue weighted by atomic mass is 10.0. The van der Waals surface area contributed by atoms with Crippen molar-refractivity contribution in [3.63, 3.8) is 0 Å². The fourth-order valence-electron chi connectivity index (χ4n) is 4.79. The first-order valence-corrected chi connectivity index (χ1v) is 14.3. The third-order valence-electron chi connectivity index (χ3n) is 6.98. The molecule has 0 spiro atoms. The van der Waals surface area contributed by atoms with Gasteiger partial charge in [-0.3, -0.25) is 19.3 Å². The van der Waals surface area contributed by atoms with Gasteiger partial charge in [0.2, 0.25) is 17.5 Å². The molecule has 2 heterocycles. The van der Waals surface area contributed by atoms with Crippen LogP contribution in [0.25, 0.3) is 0 Å². The quantitative estimate of drug-likeness (QED) is 0.119. The van der Waals surface area contributed by atoms with Crippen LogP contribution in [0.15, 0.2) is 71.3 Å². The van der Waals surface area contributed by atoms with E-state index in [4.69, 9.17) is 38.2 Å². The molecular weight excluding hydrogens is 579 g/mol. The second-order valence-corrected chi connectivity index (χ2v) is 10.7. The second kappa shape index (κ2) is 13.3. The first-order chi connectivity index (χ1) is 20.4.